The van der Waals surface area contributed by atoms with Crippen LogP contribution in [0, 0.1) is 6.92 Å². The number of hydrogen-bond donors (Lipinski definition) is 0. The van der Waals surface area contributed by atoms with E-state index >= 15 is 0 Å². The molecular formula is C22H17N3S. The SMILES string of the molecule is Cc1nc(-c2ccccc2)nc(-c2cccc3c2SC2C=CC=CC32)n1. The summed E-state index contributed by atoms with van der Waals surface area (Å²) >= 11 is 1.91. The van der Waals surface area contributed by atoms with E-state index in [0.29, 0.717) is 11.2 Å². The summed E-state index contributed by atoms with van der Waals surface area (Å²) in [6.07, 6.45) is 8.86. The van der Waals surface area contributed by atoms with Crippen molar-refractivity contribution in [3.8, 4) is 22.8 Å². The summed E-state index contributed by atoms with van der Waals surface area (Å²) < 4.78 is 0. The fourth-order valence-electron chi connectivity index (χ4n) is 3.56. The van der Waals surface area contributed by atoms with Crippen LogP contribution in [0.25, 0.3) is 22.8 Å². The number of aryl methyl sites for hydroxylation is 1. The van der Waals surface area contributed by atoms with Crippen LogP contribution in [0.1, 0.15) is 17.3 Å². The smallest absolute Gasteiger partial charge is 0.164 e. The number of hydrogen-bond acceptors (Lipinski definition) is 4. The van der Waals surface area contributed by atoms with Crippen LogP contribution < -0.4 is 0 Å². The van der Waals surface area contributed by atoms with Gasteiger partial charge in [-0.05, 0) is 12.5 Å². The van der Waals surface area contributed by atoms with Crippen molar-refractivity contribution in [2.45, 2.75) is 23.0 Å². The second-order valence-electron chi connectivity index (χ2n) is 6.50. The molecule has 0 N–H and O–H groups in total. The Morgan fingerprint density at radius 3 is 2.50 bits per heavy atom. The average molecular weight is 355 g/mol. The van der Waals surface area contributed by atoms with Crippen LogP contribution in [0.15, 0.2) is 77.7 Å². The maximum Gasteiger partial charge on any atom is 0.164 e. The third-order valence-corrected chi connectivity index (χ3v) is 6.18. The summed E-state index contributed by atoms with van der Waals surface area (Å²) in [5, 5.41) is 0.465. The number of allylic oxidation sites excluding steroid dienone is 3. The second-order valence-corrected chi connectivity index (χ2v) is 7.69. The molecule has 3 nitrogen and oxygen atoms in total. The third-order valence-electron chi connectivity index (χ3n) is 4.76. The first-order chi connectivity index (χ1) is 12.8. The van der Waals surface area contributed by atoms with Crippen molar-refractivity contribution in [1.29, 1.82) is 0 Å². The molecule has 1 aliphatic carbocycles. The predicted molar refractivity (Wildman–Crippen MR) is 106 cm³/mol. The van der Waals surface area contributed by atoms with Gasteiger partial charge in [0.2, 0.25) is 0 Å². The van der Waals surface area contributed by atoms with E-state index in [1.165, 1.54) is 10.5 Å². The lowest BCUT2D eigenvalue weighted by molar-refractivity contribution is 0.880. The summed E-state index contributed by atoms with van der Waals surface area (Å²) in [6, 6.07) is 16.6. The van der Waals surface area contributed by atoms with Gasteiger partial charge < -0.3 is 0 Å². The summed E-state index contributed by atoms with van der Waals surface area (Å²) in [6.45, 7) is 1.93. The minimum absolute atomic E-state index is 0.441. The number of nitrogens with zero attached hydrogens (tertiary/aromatic N) is 3. The van der Waals surface area contributed by atoms with E-state index in [-0.39, 0.29) is 0 Å². The highest BCUT2D eigenvalue weighted by Gasteiger charge is 2.33. The molecule has 4 heteroatoms. The van der Waals surface area contributed by atoms with E-state index in [1.54, 1.807) is 0 Å². The lowest BCUT2D eigenvalue weighted by atomic mass is 9.91. The first kappa shape index (κ1) is 15.5. The number of rotatable bonds is 2. The van der Waals surface area contributed by atoms with Crippen molar-refractivity contribution >= 4 is 11.8 Å². The molecule has 2 aliphatic rings. The quantitative estimate of drug-likeness (QED) is 0.633. The highest BCUT2D eigenvalue weighted by molar-refractivity contribution is 8.00. The molecular weight excluding hydrogens is 338 g/mol. The van der Waals surface area contributed by atoms with E-state index in [9.17, 15) is 0 Å². The Labute approximate surface area is 156 Å². The Hall–Kier alpha value is -2.72. The van der Waals surface area contributed by atoms with Gasteiger partial charge in [0.1, 0.15) is 5.82 Å². The normalized spacial score (nSPS) is 20.0. The van der Waals surface area contributed by atoms with Crippen molar-refractivity contribution in [3.63, 3.8) is 0 Å². The van der Waals surface area contributed by atoms with Crippen LogP contribution in [0.5, 0.6) is 0 Å². The highest BCUT2D eigenvalue weighted by atomic mass is 32.2. The van der Waals surface area contributed by atoms with Gasteiger partial charge in [-0.25, -0.2) is 15.0 Å². The van der Waals surface area contributed by atoms with E-state index in [4.69, 9.17) is 4.98 Å². The molecule has 2 unspecified atom stereocenters. The molecule has 0 saturated carbocycles. The molecule has 126 valence electrons. The summed E-state index contributed by atoms with van der Waals surface area (Å²) in [7, 11) is 0. The van der Waals surface area contributed by atoms with Gasteiger partial charge in [-0.2, -0.15) is 0 Å². The van der Waals surface area contributed by atoms with Gasteiger partial charge in [0.05, 0.1) is 0 Å². The maximum absolute atomic E-state index is 4.80. The number of benzene rings is 2. The van der Waals surface area contributed by atoms with Crippen molar-refractivity contribution in [2.24, 2.45) is 0 Å². The van der Waals surface area contributed by atoms with Gasteiger partial charge in [-0.15, -0.1) is 11.8 Å². The monoisotopic (exact) mass is 355 g/mol. The van der Waals surface area contributed by atoms with Crippen molar-refractivity contribution in [3.05, 3.63) is 84.2 Å². The fraction of sp³-hybridized carbons (Fsp3) is 0.136. The highest BCUT2D eigenvalue weighted by Crippen LogP contribution is 2.51. The topological polar surface area (TPSA) is 38.7 Å². The van der Waals surface area contributed by atoms with Gasteiger partial charge >= 0.3 is 0 Å². The Bertz CT molecular complexity index is 1040. The van der Waals surface area contributed by atoms with Crippen LogP contribution in [0.4, 0.5) is 0 Å². The molecule has 0 saturated heterocycles. The van der Waals surface area contributed by atoms with Crippen molar-refractivity contribution < 1.29 is 0 Å². The van der Waals surface area contributed by atoms with Crippen LogP contribution in [-0.4, -0.2) is 20.2 Å². The minimum atomic E-state index is 0.441. The van der Waals surface area contributed by atoms with Gasteiger partial charge in [0, 0.05) is 27.2 Å². The third kappa shape index (κ3) is 2.58. The molecule has 0 fully saturated rings. The molecule has 1 aromatic heterocycles. The Morgan fingerprint density at radius 1 is 0.808 bits per heavy atom. The molecule has 0 spiro atoms. The number of aromatic nitrogens is 3. The Balaban J connectivity index is 1.64. The van der Waals surface area contributed by atoms with Crippen LogP contribution in [0.3, 0.4) is 0 Å². The first-order valence-corrected chi connectivity index (χ1v) is 9.60. The van der Waals surface area contributed by atoms with Gasteiger partial charge in [0.25, 0.3) is 0 Å². The molecule has 26 heavy (non-hydrogen) atoms. The zero-order valence-corrected chi connectivity index (χ0v) is 15.1. The Morgan fingerprint density at radius 2 is 1.62 bits per heavy atom. The molecule has 0 amide bonds. The maximum atomic E-state index is 4.80. The molecule has 2 atom stereocenters. The molecule has 0 bridgehead atoms. The standard InChI is InChI=1S/C22H17N3S/c1-14-23-21(15-8-3-2-4-9-15)25-22(24-14)18-12-7-11-17-16-10-5-6-13-19(16)26-20(17)18/h2-13,16,19H,1H3. The largest absolute Gasteiger partial charge is 0.213 e. The minimum Gasteiger partial charge on any atom is -0.213 e. The molecule has 5 rings (SSSR count). The summed E-state index contributed by atoms with van der Waals surface area (Å²) in [5.74, 6) is 2.67. The summed E-state index contributed by atoms with van der Waals surface area (Å²) in [4.78, 5) is 15.3. The lowest BCUT2D eigenvalue weighted by Gasteiger charge is -2.14. The Kier molecular flexibility index (Phi) is 3.71. The van der Waals surface area contributed by atoms with E-state index in [0.717, 1.165) is 28.6 Å². The van der Waals surface area contributed by atoms with Gasteiger partial charge in [-0.1, -0.05) is 72.8 Å². The zero-order valence-electron chi connectivity index (χ0n) is 14.3. The number of thioether (sulfide) groups is 1. The molecule has 0 radical (unpaired) electrons. The number of fused-ring (bicyclic) bond motifs is 3. The molecule has 2 aromatic carbocycles. The molecule has 2 heterocycles. The molecule has 3 aromatic rings. The first-order valence-electron chi connectivity index (χ1n) is 8.72. The van der Waals surface area contributed by atoms with E-state index in [1.807, 2.05) is 49.0 Å². The van der Waals surface area contributed by atoms with Gasteiger partial charge in [-0.3, -0.25) is 0 Å². The predicted octanol–water partition coefficient (Wildman–Crippen LogP) is 5.20. The lowest BCUT2D eigenvalue weighted by Crippen LogP contribution is -2.06. The van der Waals surface area contributed by atoms with Crippen molar-refractivity contribution in [2.75, 3.05) is 0 Å². The summed E-state index contributed by atoms with van der Waals surface area (Å²) in [5.41, 5.74) is 3.49. The van der Waals surface area contributed by atoms with Crippen molar-refractivity contribution in [1.82, 2.24) is 15.0 Å². The van der Waals surface area contributed by atoms with E-state index < -0.39 is 0 Å². The van der Waals surface area contributed by atoms with Crippen LogP contribution in [-0.2, 0) is 0 Å². The van der Waals surface area contributed by atoms with E-state index in [2.05, 4.69) is 52.5 Å². The average Bonchev–Trinajstić information content (AvgIpc) is 3.07. The van der Waals surface area contributed by atoms with Gasteiger partial charge in [0.15, 0.2) is 11.6 Å². The molecule has 1 aliphatic heterocycles. The fourth-order valence-corrected chi connectivity index (χ4v) is 5.01. The second kappa shape index (κ2) is 6.22. The van der Waals surface area contributed by atoms with Crippen LogP contribution >= 0.6 is 11.8 Å². The zero-order chi connectivity index (χ0) is 17.5. The van der Waals surface area contributed by atoms with Crippen LogP contribution in [0.2, 0.25) is 0 Å².